The molecule has 1 aromatic carbocycles. The van der Waals surface area contributed by atoms with E-state index in [-0.39, 0.29) is 5.41 Å². The van der Waals surface area contributed by atoms with Gasteiger partial charge in [-0.1, -0.05) is 56.7 Å². The number of nitrogens with zero attached hydrogens (tertiary/aromatic N) is 2. The highest BCUT2D eigenvalue weighted by Gasteiger charge is 2.22. The summed E-state index contributed by atoms with van der Waals surface area (Å²) in [6, 6.07) is 14.8. The molecule has 0 atom stereocenters. The molecule has 0 fully saturated rings. The highest BCUT2D eigenvalue weighted by atomic mass is 32.2. The third-order valence-corrected chi connectivity index (χ3v) is 5.91. The molecule has 4 heteroatoms. The zero-order valence-electron chi connectivity index (χ0n) is 18.1. The van der Waals surface area contributed by atoms with Crippen LogP contribution in [0.3, 0.4) is 0 Å². The molecule has 0 bridgehead atoms. The Morgan fingerprint density at radius 2 is 1.69 bits per heavy atom. The Morgan fingerprint density at radius 3 is 2.28 bits per heavy atom. The lowest BCUT2D eigenvalue weighted by Gasteiger charge is -2.24. The van der Waals surface area contributed by atoms with E-state index in [1.807, 2.05) is 18.3 Å². The first-order valence-electron chi connectivity index (χ1n) is 10.1. The molecule has 2 heterocycles. The van der Waals surface area contributed by atoms with E-state index in [0.29, 0.717) is 6.54 Å². The number of aromatic nitrogens is 2. The molecule has 0 unspecified atom stereocenters. The Morgan fingerprint density at radius 1 is 0.966 bits per heavy atom. The summed E-state index contributed by atoms with van der Waals surface area (Å²) in [4.78, 5) is 9.50. The van der Waals surface area contributed by atoms with Gasteiger partial charge in [0.2, 0.25) is 0 Å². The lowest BCUT2D eigenvalue weighted by atomic mass is 9.85. The maximum Gasteiger partial charge on any atom is 0.0963 e. The van der Waals surface area contributed by atoms with Crippen molar-refractivity contribution in [3.63, 3.8) is 0 Å². The third kappa shape index (κ3) is 5.46. The Hall–Kier alpha value is -2.17. The van der Waals surface area contributed by atoms with Crippen molar-refractivity contribution in [2.45, 2.75) is 58.4 Å². The first-order chi connectivity index (χ1) is 13.8. The molecule has 2 aromatic heterocycles. The van der Waals surface area contributed by atoms with Gasteiger partial charge in [-0.3, -0.25) is 4.98 Å². The number of hydrogen-bond acceptors (Lipinski definition) is 4. The molecule has 0 aliphatic heterocycles. The topological polar surface area (TPSA) is 51.8 Å². The van der Waals surface area contributed by atoms with Gasteiger partial charge in [-0.2, -0.15) is 0 Å². The van der Waals surface area contributed by atoms with Gasteiger partial charge in [-0.15, -0.1) is 11.8 Å². The number of rotatable bonds is 6. The highest BCUT2D eigenvalue weighted by Crippen LogP contribution is 2.36. The van der Waals surface area contributed by atoms with Crippen molar-refractivity contribution in [2.24, 2.45) is 11.1 Å². The van der Waals surface area contributed by atoms with Crippen LogP contribution in [0.15, 0.2) is 53.7 Å². The van der Waals surface area contributed by atoms with E-state index in [1.165, 1.54) is 27.8 Å². The van der Waals surface area contributed by atoms with Crippen LogP contribution >= 0.6 is 11.8 Å². The van der Waals surface area contributed by atoms with Gasteiger partial charge >= 0.3 is 0 Å². The summed E-state index contributed by atoms with van der Waals surface area (Å²) in [6.07, 6.45) is 2.75. The van der Waals surface area contributed by atoms with E-state index in [4.69, 9.17) is 10.7 Å². The number of hydrogen-bond donors (Lipinski definition) is 1. The van der Waals surface area contributed by atoms with Crippen molar-refractivity contribution in [3.05, 3.63) is 76.7 Å². The lowest BCUT2D eigenvalue weighted by Crippen LogP contribution is -2.17. The van der Waals surface area contributed by atoms with Crippen LogP contribution in [0.1, 0.15) is 48.8 Å². The summed E-state index contributed by atoms with van der Waals surface area (Å²) in [6.45, 7) is 11.5. The molecule has 0 radical (unpaired) electrons. The SMILES string of the molecule is Cc1ccc(-c2c(CSc3ccccn3)c(C)nc(CC(C)(C)C)c2CN)cc1. The molecule has 0 saturated heterocycles. The van der Waals surface area contributed by atoms with Crippen LogP contribution in [0.25, 0.3) is 11.1 Å². The summed E-state index contributed by atoms with van der Waals surface area (Å²) >= 11 is 1.75. The van der Waals surface area contributed by atoms with Gasteiger partial charge in [0.05, 0.1) is 5.03 Å². The number of aryl methyl sites for hydroxylation is 2. The van der Waals surface area contributed by atoms with Crippen molar-refractivity contribution in [1.82, 2.24) is 9.97 Å². The normalized spacial score (nSPS) is 11.7. The summed E-state index contributed by atoms with van der Waals surface area (Å²) in [7, 11) is 0. The van der Waals surface area contributed by atoms with Gasteiger partial charge < -0.3 is 5.73 Å². The van der Waals surface area contributed by atoms with Crippen molar-refractivity contribution in [1.29, 1.82) is 0 Å². The van der Waals surface area contributed by atoms with E-state index in [0.717, 1.165) is 28.6 Å². The van der Waals surface area contributed by atoms with E-state index < -0.39 is 0 Å². The Labute approximate surface area is 179 Å². The van der Waals surface area contributed by atoms with Crippen molar-refractivity contribution >= 4 is 11.8 Å². The van der Waals surface area contributed by atoms with Crippen molar-refractivity contribution < 1.29 is 0 Å². The molecule has 3 rings (SSSR count). The lowest BCUT2D eigenvalue weighted by molar-refractivity contribution is 0.404. The third-order valence-electron chi connectivity index (χ3n) is 4.94. The molecule has 152 valence electrons. The Bertz CT molecular complexity index is 958. The maximum atomic E-state index is 6.30. The Balaban J connectivity index is 2.13. The first-order valence-corrected chi connectivity index (χ1v) is 11.1. The van der Waals surface area contributed by atoms with Crippen LogP contribution in [-0.2, 0) is 18.7 Å². The minimum absolute atomic E-state index is 0.151. The minimum Gasteiger partial charge on any atom is -0.326 e. The quantitative estimate of drug-likeness (QED) is 0.503. The second-order valence-electron chi connectivity index (χ2n) is 8.74. The van der Waals surface area contributed by atoms with Gasteiger partial charge in [0.25, 0.3) is 0 Å². The molecule has 0 aliphatic carbocycles. The first kappa shape index (κ1) is 21.5. The smallest absolute Gasteiger partial charge is 0.0963 e. The average molecular weight is 406 g/mol. The van der Waals surface area contributed by atoms with Crippen LogP contribution in [0.2, 0.25) is 0 Å². The van der Waals surface area contributed by atoms with Gasteiger partial charge in [0.1, 0.15) is 0 Å². The summed E-state index contributed by atoms with van der Waals surface area (Å²) in [5.74, 6) is 0.821. The monoisotopic (exact) mass is 405 g/mol. The van der Waals surface area contributed by atoms with Gasteiger partial charge in [0.15, 0.2) is 0 Å². The molecular weight excluding hydrogens is 374 g/mol. The van der Waals surface area contributed by atoms with E-state index >= 15 is 0 Å². The van der Waals surface area contributed by atoms with Gasteiger partial charge in [-0.25, -0.2) is 4.98 Å². The molecule has 0 aliphatic rings. The molecule has 0 amide bonds. The zero-order chi connectivity index (χ0) is 21.0. The van der Waals surface area contributed by atoms with Crippen LogP contribution in [0, 0.1) is 19.3 Å². The van der Waals surface area contributed by atoms with E-state index in [1.54, 1.807) is 11.8 Å². The van der Waals surface area contributed by atoms with Crippen molar-refractivity contribution in [2.75, 3.05) is 0 Å². The standard InChI is InChI=1S/C25H31N3S/c1-17-9-11-19(12-10-17)24-20(15-26)22(14-25(3,4)5)28-18(2)21(24)16-29-23-8-6-7-13-27-23/h6-13H,14-16,26H2,1-5H3. The average Bonchev–Trinajstić information content (AvgIpc) is 2.67. The molecule has 0 spiro atoms. The van der Waals surface area contributed by atoms with Gasteiger partial charge in [0, 0.05) is 29.9 Å². The maximum absolute atomic E-state index is 6.30. The number of thioether (sulfide) groups is 1. The molecule has 0 saturated carbocycles. The summed E-state index contributed by atoms with van der Waals surface area (Å²) in [5, 5.41) is 1.02. The molecule has 2 N–H and O–H groups in total. The molecule has 3 aromatic rings. The number of nitrogens with two attached hydrogens (primary N) is 1. The fourth-order valence-electron chi connectivity index (χ4n) is 3.54. The van der Waals surface area contributed by atoms with E-state index in [9.17, 15) is 0 Å². The molecular formula is C25H31N3S. The fraction of sp³-hybridized carbons (Fsp3) is 0.360. The summed E-state index contributed by atoms with van der Waals surface area (Å²) < 4.78 is 0. The predicted molar refractivity (Wildman–Crippen MR) is 124 cm³/mol. The second-order valence-corrected chi connectivity index (χ2v) is 9.74. The fourth-order valence-corrected chi connectivity index (χ4v) is 4.49. The Kier molecular flexibility index (Phi) is 6.76. The second kappa shape index (κ2) is 9.10. The molecule has 29 heavy (non-hydrogen) atoms. The summed E-state index contributed by atoms with van der Waals surface area (Å²) in [5.41, 5.74) is 14.8. The highest BCUT2D eigenvalue weighted by molar-refractivity contribution is 7.98. The van der Waals surface area contributed by atoms with Crippen molar-refractivity contribution in [3.8, 4) is 11.1 Å². The number of pyridine rings is 2. The van der Waals surface area contributed by atoms with Crippen LogP contribution in [-0.4, -0.2) is 9.97 Å². The van der Waals surface area contributed by atoms with Crippen LogP contribution in [0.5, 0.6) is 0 Å². The largest absolute Gasteiger partial charge is 0.326 e. The zero-order valence-corrected chi connectivity index (χ0v) is 18.9. The van der Waals surface area contributed by atoms with Gasteiger partial charge in [-0.05, 0) is 60.1 Å². The molecule has 3 nitrogen and oxygen atoms in total. The predicted octanol–water partition coefficient (Wildman–Crippen LogP) is 6.10. The van der Waals surface area contributed by atoms with Crippen LogP contribution in [0.4, 0.5) is 0 Å². The van der Waals surface area contributed by atoms with E-state index in [2.05, 4.69) is 69.9 Å². The number of benzene rings is 1. The minimum atomic E-state index is 0.151. The van der Waals surface area contributed by atoms with Crippen LogP contribution < -0.4 is 5.73 Å².